The van der Waals surface area contributed by atoms with E-state index in [9.17, 15) is 9.59 Å². The van der Waals surface area contributed by atoms with Crippen LogP contribution in [-0.4, -0.2) is 43.9 Å². The Morgan fingerprint density at radius 2 is 1.83 bits per heavy atom. The predicted molar refractivity (Wildman–Crippen MR) is 151 cm³/mol. The second-order valence-corrected chi connectivity index (χ2v) is 10.2. The van der Waals surface area contributed by atoms with Gasteiger partial charge in [-0.05, 0) is 84.7 Å². The molecule has 2 aromatic carbocycles. The summed E-state index contributed by atoms with van der Waals surface area (Å²) in [4.78, 5) is 25.6. The average molecular weight is 650 g/mol. The molecule has 0 heterocycles. The van der Waals surface area contributed by atoms with Crippen molar-refractivity contribution in [3.05, 3.63) is 49.5 Å². The second-order valence-electron chi connectivity index (χ2n) is 8.23. The van der Waals surface area contributed by atoms with Gasteiger partial charge in [0, 0.05) is 5.02 Å². The third-order valence-electron chi connectivity index (χ3n) is 4.84. The quantitative estimate of drug-likeness (QED) is 0.181. The van der Waals surface area contributed by atoms with Crippen LogP contribution in [0.4, 0.5) is 0 Å². The molecule has 2 aromatic rings. The van der Waals surface area contributed by atoms with Gasteiger partial charge in [-0.25, -0.2) is 5.43 Å². The summed E-state index contributed by atoms with van der Waals surface area (Å²) in [5.41, 5.74) is 3.22. The van der Waals surface area contributed by atoms with Crippen molar-refractivity contribution in [1.29, 1.82) is 0 Å². The van der Waals surface area contributed by atoms with E-state index in [1.807, 2.05) is 26.8 Å². The Balaban J connectivity index is 2.06. The van der Waals surface area contributed by atoms with Crippen molar-refractivity contribution in [3.8, 4) is 17.2 Å². The molecule has 2 rings (SSSR count). The zero-order valence-corrected chi connectivity index (χ0v) is 24.4. The molecule has 0 unspecified atom stereocenters. The standard InChI is InChI=1S/C25H30Cl2IN3O5/c1-6-35-23-19(28)10-16(11-22(23)34-5)13-29-31-25(33)20(9-14(2)3)30-24(32)15(4)36-21-8-7-17(26)12-18(21)27/h7-8,10-15,20H,6,9H2,1-5H3,(H,30,32)(H,31,33)/b29-13-/t15-,20+/m0/s1. The minimum absolute atomic E-state index is 0.143. The lowest BCUT2D eigenvalue weighted by Crippen LogP contribution is -2.49. The van der Waals surface area contributed by atoms with Gasteiger partial charge in [0.1, 0.15) is 11.8 Å². The van der Waals surface area contributed by atoms with E-state index in [-0.39, 0.29) is 10.9 Å². The molecule has 2 N–H and O–H groups in total. The van der Waals surface area contributed by atoms with E-state index in [0.717, 1.165) is 3.57 Å². The van der Waals surface area contributed by atoms with E-state index in [1.165, 1.54) is 12.3 Å². The molecule has 36 heavy (non-hydrogen) atoms. The third-order valence-corrected chi connectivity index (χ3v) is 6.17. The summed E-state index contributed by atoms with van der Waals surface area (Å²) < 4.78 is 17.5. The molecular formula is C25H30Cl2IN3O5. The van der Waals surface area contributed by atoms with Gasteiger partial charge in [0.15, 0.2) is 17.6 Å². The smallest absolute Gasteiger partial charge is 0.262 e. The molecule has 0 fully saturated rings. The summed E-state index contributed by atoms with van der Waals surface area (Å²) in [6, 6.07) is 7.53. The maximum Gasteiger partial charge on any atom is 0.262 e. The minimum Gasteiger partial charge on any atom is -0.493 e. The van der Waals surface area contributed by atoms with Gasteiger partial charge in [-0.15, -0.1) is 0 Å². The highest BCUT2D eigenvalue weighted by atomic mass is 127. The fourth-order valence-corrected chi connectivity index (χ4v) is 4.39. The average Bonchev–Trinajstić information content (AvgIpc) is 2.81. The number of rotatable bonds is 12. The molecule has 0 spiro atoms. The Morgan fingerprint density at radius 3 is 2.44 bits per heavy atom. The van der Waals surface area contributed by atoms with Crippen molar-refractivity contribution in [2.75, 3.05) is 13.7 Å². The molecule has 2 amide bonds. The number of nitrogens with one attached hydrogen (secondary N) is 2. The Morgan fingerprint density at radius 1 is 1.11 bits per heavy atom. The monoisotopic (exact) mass is 649 g/mol. The fraction of sp³-hybridized carbons (Fsp3) is 0.400. The third kappa shape index (κ3) is 9.01. The van der Waals surface area contributed by atoms with Crippen LogP contribution in [0.1, 0.15) is 39.7 Å². The first-order valence-electron chi connectivity index (χ1n) is 11.3. The molecule has 0 saturated carbocycles. The van der Waals surface area contributed by atoms with Crippen molar-refractivity contribution in [2.24, 2.45) is 11.0 Å². The van der Waals surface area contributed by atoms with Crippen LogP contribution in [0.5, 0.6) is 17.2 Å². The number of ether oxygens (including phenoxy) is 3. The largest absolute Gasteiger partial charge is 0.493 e. The van der Waals surface area contributed by atoms with E-state index in [2.05, 4.69) is 38.4 Å². The normalized spacial score (nSPS) is 12.8. The summed E-state index contributed by atoms with van der Waals surface area (Å²) in [6.45, 7) is 7.89. The van der Waals surface area contributed by atoms with Crippen LogP contribution in [0.3, 0.4) is 0 Å². The van der Waals surface area contributed by atoms with Crippen molar-refractivity contribution >= 4 is 63.8 Å². The zero-order valence-electron chi connectivity index (χ0n) is 20.7. The SMILES string of the molecule is CCOc1c(I)cc(/C=N\NC(=O)[C@@H](CC(C)C)NC(=O)[C@H](C)Oc2ccc(Cl)cc2Cl)cc1OC. The highest BCUT2D eigenvalue weighted by Crippen LogP contribution is 2.33. The van der Waals surface area contributed by atoms with E-state index in [0.29, 0.717) is 40.9 Å². The number of halogens is 3. The van der Waals surface area contributed by atoms with Crippen LogP contribution in [0, 0.1) is 9.49 Å². The Kier molecular flexibility index (Phi) is 12.1. The number of nitrogens with zero attached hydrogens (tertiary/aromatic N) is 1. The van der Waals surface area contributed by atoms with Crippen molar-refractivity contribution in [1.82, 2.24) is 10.7 Å². The van der Waals surface area contributed by atoms with Gasteiger partial charge in [-0.1, -0.05) is 37.0 Å². The van der Waals surface area contributed by atoms with Crippen molar-refractivity contribution < 1.29 is 23.8 Å². The molecule has 8 nitrogen and oxygen atoms in total. The van der Waals surface area contributed by atoms with Crippen molar-refractivity contribution in [3.63, 3.8) is 0 Å². The number of benzene rings is 2. The number of methoxy groups -OCH3 is 1. The number of amides is 2. The molecule has 0 bridgehead atoms. The van der Waals surface area contributed by atoms with E-state index < -0.39 is 24.0 Å². The lowest BCUT2D eigenvalue weighted by Gasteiger charge is -2.22. The van der Waals surface area contributed by atoms with Gasteiger partial charge in [-0.2, -0.15) is 5.10 Å². The van der Waals surface area contributed by atoms with Crippen molar-refractivity contribution in [2.45, 2.75) is 46.3 Å². The van der Waals surface area contributed by atoms with Gasteiger partial charge in [-0.3, -0.25) is 9.59 Å². The molecular weight excluding hydrogens is 620 g/mol. The molecule has 196 valence electrons. The Hall–Kier alpha value is -2.24. The molecule has 0 aliphatic rings. The lowest BCUT2D eigenvalue weighted by molar-refractivity contribution is -0.132. The Labute approximate surface area is 235 Å². The first kappa shape index (κ1) is 30.0. The van der Waals surface area contributed by atoms with Gasteiger partial charge < -0.3 is 19.5 Å². The van der Waals surface area contributed by atoms with Crippen LogP contribution in [0.25, 0.3) is 0 Å². The van der Waals surface area contributed by atoms with E-state index in [1.54, 1.807) is 32.2 Å². The van der Waals surface area contributed by atoms with Crippen LogP contribution in [0.2, 0.25) is 10.0 Å². The summed E-state index contributed by atoms with van der Waals surface area (Å²) in [5, 5.41) is 7.55. The van der Waals surface area contributed by atoms with Crippen LogP contribution < -0.4 is 25.0 Å². The topological polar surface area (TPSA) is 98.2 Å². The van der Waals surface area contributed by atoms with Gasteiger partial charge >= 0.3 is 0 Å². The molecule has 0 radical (unpaired) electrons. The fourth-order valence-electron chi connectivity index (χ4n) is 3.15. The zero-order chi connectivity index (χ0) is 26.8. The van der Waals surface area contributed by atoms with Gasteiger partial charge in [0.25, 0.3) is 11.8 Å². The summed E-state index contributed by atoms with van der Waals surface area (Å²) in [5.74, 6) is 0.769. The van der Waals surface area contributed by atoms with Gasteiger partial charge in [0.2, 0.25) is 0 Å². The first-order valence-corrected chi connectivity index (χ1v) is 13.1. The predicted octanol–water partition coefficient (Wildman–Crippen LogP) is 5.45. The number of hydrogen-bond acceptors (Lipinski definition) is 6. The summed E-state index contributed by atoms with van der Waals surface area (Å²) in [7, 11) is 1.56. The molecule has 0 aliphatic heterocycles. The van der Waals surface area contributed by atoms with Crippen LogP contribution in [-0.2, 0) is 9.59 Å². The maximum atomic E-state index is 12.8. The van der Waals surface area contributed by atoms with E-state index in [4.69, 9.17) is 37.4 Å². The number of hydrogen-bond donors (Lipinski definition) is 2. The molecule has 2 atom stereocenters. The van der Waals surface area contributed by atoms with Gasteiger partial charge in [0.05, 0.1) is 28.5 Å². The maximum absolute atomic E-state index is 12.8. The first-order chi connectivity index (χ1) is 17.0. The highest BCUT2D eigenvalue weighted by molar-refractivity contribution is 14.1. The second kappa shape index (κ2) is 14.5. The highest BCUT2D eigenvalue weighted by Gasteiger charge is 2.25. The lowest BCUT2D eigenvalue weighted by atomic mass is 10.0. The Bertz CT molecular complexity index is 1100. The number of carbonyl (C=O) groups is 2. The molecule has 11 heteroatoms. The van der Waals surface area contributed by atoms with Crippen LogP contribution >= 0.6 is 45.8 Å². The summed E-state index contributed by atoms with van der Waals surface area (Å²) in [6.07, 6.45) is 1.02. The molecule has 0 aliphatic carbocycles. The molecule has 0 aromatic heterocycles. The summed E-state index contributed by atoms with van der Waals surface area (Å²) >= 11 is 14.2. The number of carbonyl (C=O) groups excluding carboxylic acids is 2. The minimum atomic E-state index is -0.895. The number of hydrazone groups is 1. The molecule has 0 saturated heterocycles. The van der Waals surface area contributed by atoms with E-state index >= 15 is 0 Å². The van der Waals surface area contributed by atoms with Crippen LogP contribution in [0.15, 0.2) is 35.4 Å².